The molecule has 2 saturated carbocycles. The number of rotatable bonds is 8. The van der Waals surface area contributed by atoms with Gasteiger partial charge in [-0.2, -0.15) is 19.9 Å². The quantitative estimate of drug-likeness (QED) is 0.134. The Morgan fingerprint density at radius 1 is 0.662 bits per heavy atom. The topological polar surface area (TPSA) is 201 Å². The molecule has 2 aromatic carbocycles. The molecular formula is C51H58Cl2N10O8. The van der Waals surface area contributed by atoms with Crippen LogP contribution in [-0.2, 0) is 42.9 Å². The van der Waals surface area contributed by atoms with Crippen molar-refractivity contribution in [2.24, 2.45) is 0 Å². The highest BCUT2D eigenvalue weighted by molar-refractivity contribution is 6.29. The van der Waals surface area contributed by atoms with Crippen LogP contribution in [0.1, 0.15) is 113 Å². The van der Waals surface area contributed by atoms with Gasteiger partial charge in [-0.3, -0.25) is 9.13 Å². The minimum absolute atomic E-state index is 0.00948. The molecule has 374 valence electrons. The maximum absolute atomic E-state index is 11.8. The third-order valence-corrected chi connectivity index (χ3v) is 16.9. The van der Waals surface area contributed by atoms with Crippen LogP contribution in [0.4, 0.5) is 11.6 Å². The number of hydrogen-bond acceptors (Lipinski definition) is 16. The van der Waals surface area contributed by atoms with E-state index in [2.05, 4.69) is 51.2 Å². The van der Waals surface area contributed by atoms with E-state index in [1.54, 1.807) is 17.2 Å². The van der Waals surface area contributed by atoms with Gasteiger partial charge in [0.05, 0.1) is 25.9 Å². The van der Waals surface area contributed by atoms with Gasteiger partial charge in [0.2, 0.25) is 10.6 Å². The van der Waals surface area contributed by atoms with Crippen LogP contribution in [0, 0.1) is 0 Å². The van der Waals surface area contributed by atoms with Gasteiger partial charge in [0.1, 0.15) is 36.3 Å². The summed E-state index contributed by atoms with van der Waals surface area (Å²) in [7, 11) is 0. The van der Waals surface area contributed by atoms with Gasteiger partial charge in [0.25, 0.3) is 0 Å². The molecule has 4 aromatic heterocycles. The van der Waals surface area contributed by atoms with Gasteiger partial charge in [-0.1, -0.05) is 68.9 Å². The minimum Gasteiger partial charge on any atom is -0.483 e. The van der Waals surface area contributed by atoms with Crippen molar-refractivity contribution < 1.29 is 39.0 Å². The first-order valence-corrected chi connectivity index (χ1v) is 25.9. The summed E-state index contributed by atoms with van der Waals surface area (Å²) < 4.78 is 35.6. The molecule has 18 nitrogen and oxygen atoms in total. The maximum Gasteiger partial charge on any atom is 0.226 e. The normalized spacial score (nSPS) is 29.6. The van der Waals surface area contributed by atoms with Crippen molar-refractivity contribution in [3.63, 3.8) is 0 Å². The molecule has 8 atom stereocenters. The van der Waals surface area contributed by atoms with Gasteiger partial charge in [0.15, 0.2) is 58.3 Å². The number of ether oxygens (including phenoxy) is 5. The molecule has 71 heavy (non-hydrogen) atoms. The van der Waals surface area contributed by atoms with Crippen LogP contribution in [0.15, 0.2) is 55.1 Å². The summed E-state index contributed by atoms with van der Waals surface area (Å²) in [6, 6.07) is 14.9. The Morgan fingerprint density at radius 3 is 1.83 bits per heavy atom. The van der Waals surface area contributed by atoms with Gasteiger partial charge in [0, 0.05) is 37.0 Å². The predicted molar refractivity (Wildman–Crippen MR) is 261 cm³/mol. The molecule has 3 saturated heterocycles. The van der Waals surface area contributed by atoms with Crippen LogP contribution < -0.4 is 14.5 Å². The lowest BCUT2D eigenvalue weighted by Crippen LogP contribution is -2.47. The average molecular weight is 1010 g/mol. The molecule has 2 aliphatic carbocycles. The number of aliphatic hydroxyl groups is 3. The van der Waals surface area contributed by atoms with Gasteiger partial charge in [-0.25, -0.2) is 9.97 Å². The van der Waals surface area contributed by atoms with Crippen molar-refractivity contribution in [2.75, 3.05) is 36.1 Å². The molecule has 5 aliphatic heterocycles. The van der Waals surface area contributed by atoms with Crippen molar-refractivity contribution in [1.29, 1.82) is 0 Å². The van der Waals surface area contributed by atoms with E-state index in [1.165, 1.54) is 36.0 Å². The van der Waals surface area contributed by atoms with E-state index in [0.29, 0.717) is 59.3 Å². The van der Waals surface area contributed by atoms with E-state index >= 15 is 0 Å². The number of imidazole rings is 2. The molecule has 13 rings (SSSR count). The highest BCUT2D eigenvalue weighted by atomic mass is 35.5. The van der Waals surface area contributed by atoms with Gasteiger partial charge < -0.3 is 48.8 Å². The SMILES string of the molecule is CC1(C)OC2C(O1)[C@@H](CO)O[C@H]2n1cnc2c(N3Cc4ccc(OC5C(O)[C@@H](CO)O[C@H]5n5cnc6c(N7Cc8ccccc8C8(CCCCC8)C7)nc(Cl)nc65)cc4C4(CCCCC4)C3)nc(Cl)nc21. The minimum atomic E-state index is -1.18. The fourth-order valence-corrected chi connectivity index (χ4v) is 13.8. The lowest BCUT2D eigenvalue weighted by Gasteiger charge is -2.47. The zero-order chi connectivity index (χ0) is 48.4. The summed E-state index contributed by atoms with van der Waals surface area (Å²) in [5.74, 6) is 0.999. The summed E-state index contributed by atoms with van der Waals surface area (Å²) in [5, 5.41) is 32.7. The Balaban J connectivity index is 0.814. The molecule has 4 unspecified atom stereocenters. The number of aromatic nitrogens is 8. The zero-order valence-electron chi connectivity index (χ0n) is 39.7. The van der Waals surface area contributed by atoms with Gasteiger partial charge in [-0.15, -0.1) is 0 Å². The van der Waals surface area contributed by atoms with Crippen LogP contribution in [0.25, 0.3) is 22.3 Å². The zero-order valence-corrected chi connectivity index (χ0v) is 41.3. The molecule has 0 amide bonds. The number of fused-ring (bicyclic) bond motifs is 7. The summed E-state index contributed by atoms with van der Waals surface area (Å²) in [6.07, 6.45) is 8.11. The number of nitrogens with zero attached hydrogens (tertiary/aromatic N) is 10. The van der Waals surface area contributed by atoms with Crippen molar-refractivity contribution in [3.8, 4) is 5.75 Å². The first kappa shape index (κ1) is 46.1. The van der Waals surface area contributed by atoms with Crippen LogP contribution in [-0.4, -0.2) is 123 Å². The highest BCUT2D eigenvalue weighted by Crippen LogP contribution is 2.50. The third kappa shape index (κ3) is 7.60. The molecule has 20 heteroatoms. The average Bonchev–Trinajstić information content (AvgIpc) is 4.19. The van der Waals surface area contributed by atoms with Crippen molar-refractivity contribution in [3.05, 3.63) is 87.9 Å². The van der Waals surface area contributed by atoms with E-state index in [-0.39, 0.29) is 28.0 Å². The van der Waals surface area contributed by atoms with Crippen LogP contribution in [0.5, 0.6) is 5.75 Å². The fourth-order valence-electron chi connectivity index (χ4n) is 13.4. The monoisotopic (exact) mass is 1010 g/mol. The second kappa shape index (κ2) is 17.4. The second-order valence-electron chi connectivity index (χ2n) is 21.3. The van der Waals surface area contributed by atoms with E-state index in [9.17, 15) is 15.3 Å². The van der Waals surface area contributed by atoms with Gasteiger partial charge >= 0.3 is 0 Å². The predicted octanol–water partition coefficient (Wildman–Crippen LogP) is 6.83. The molecule has 0 bridgehead atoms. The smallest absolute Gasteiger partial charge is 0.226 e. The molecule has 6 aromatic rings. The molecule has 0 radical (unpaired) electrons. The van der Waals surface area contributed by atoms with Crippen LogP contribution >= 0.6 is 23.2 Å². The van der Waals surface area contributed by atoms with Crippen LogP contribution in [0.3, 0.4) is 0 Å². The summed E-state index contributed by atoms with van der Waals surface area (Å²) >= 11 is 13.6. The molecule has 3 N–H and O–H groups in total. The lowest BCUT2D eigenvalue weighted by atomic mass is 9.66. The lowest BCUT2D eigenvalue weighted by molar-refractivity contribution is -0.199. The van der Waals surface area contributed by atoms with E-state index < -0.39 is 61.5 Å². The number of anilines is 2. The molecule has 7 aliphatic rings. The summed E-state index contributed by atoms with van der Waals surface area (Å²) in [6.45, 7) is 5.69. The Labute approximate surface area is 420 Å². The Bertz CT molecular complexity index is 3010. The Kier molecular flexibility index (Phi) is 11.3. The second-order valence-corrected chi connectivity index (χ2v) is 22.0. The largest absolute Gasteiger partial charge is 0.483 e. The molecule has 5 fully saturated rings. The Hall–Kier alpha value is -4.76. The summed E-state index contributed by atoms with van der Waals surface area (Å²) in [4.78, 5) is 33.3. The fraction of sp³-hybridized carbons (Fsp3) is 0.569. The van der Waals surface area contributed by atoms with Crippen LogP contribution in [0.2, 0.25) is 10.6 Å². The molecule has 9 heterocycles. The first-order valence-electron chi connectivity index (χ1n) is 25.2. The number of halogens is 2. The highest BCUT2D eigenvalue weighted by Gasteiger charge is 2.56. The maximum atomic E-state index is 11.8. The standard InChI is InChI=1S/C51H58Cl2N10O8/c1-49(2)70-38-34(23-65)69-46(40(38)71-49)63-27-55-36-42(57-48(53)59-44(36)63)61-21-29-13-14-30(19-32(29)51(25-61)17-9-4-10-18-51)67-39-37(66)33(22-64)68-45(39)62-26-54-35-41(56-47(52)58-43(35)62)60-20-28-11-5-6-12-31(28)50(24-60)15-7-3-8-16-50/h5-6,11-14,19,26-27,33-34,37-40,45-46,64-66H,3-4,7-10,15-18,20-25H2,1-2H3/t33-,34-,37?,38?,39?,40?,45-,46-/m1/s1. The van der Waals surface area contributed by atoms with Crippen molar-refractivity contribution >= 4 is 57.2 Å². The number of aliphatic hydroxyl groups excluding tert-OH is 3. The van der Waals surface area contributed by atoms with Crippen molar-refractivity contribution in [1.82, 2.24) is 39.0 Å². The number of benzene rings is 2. The molecular weight excluding hydrogens is 952 g/mol. The van der Waals surface area contributed by atoms with E-state index in [4.69, 9.17) is 71.8 Å². The summed E-state index contributed by atoms with van der Waals surface area (Å²) in [5.41, 5.74) is 6.87. The third-order valence-electron chi connectivity index (χ3n) is 16.5. The van der Waals surface area contributed by atoms with E-state index in [1.807, 2.05) is 24.5 Å². The number of hydrogen-bond donors (Lipinski definition) is 3. The Morgan fingerprint density at radius 2 is 1.21 bits per heavy atom. The van der Waals surface area contributed by atoms with Gasteiger partial charge in [-0.05, 0) is 97.1 Å². The first-order chi connectivity index (χ1) is 34.4. The van der Waals surface area contributed by atoms with Crippen molar-refractivity contribution in [2.45, 2.75) is 157 Å². The van der Waals surface area contributed by atoms with E-state index in [0.717, 1.165) is 57.1 Å². The molecule has 2 spiro atoms.